The van der Waals surface area contributed by atoms with Crippen molar-refractivity contribution in [3.63, 3.8) is 0 Å². The van der Waals surface area contributed by atoms with Crippen molar-refractivity contribution in [3.8, 4) is 5.75 Å². The molecule has 35 heavy (non-hydrogen) atoms. The van der Waals surface area contributed by atoms with Crippen molar-refractivity contribution in [1.82, 2.24) is 15.0 Å². The van der Waals surface area contributed by atoms with Crippen LogP contribution in [0.3, 0.4) is 0 Å². The molecule has 1 atom stereocenters. The van der Waals surface area contributed by atoms with Gasteiger partial charge in [0.1, 0.15) is 17.6 Å². The fraction of sp³-hybridized carbons (Fsp3) is 0.304. The number of methoxy groups -OCH3 is 2. The lowest BCUT2D eigenvalue weighted by molar-refractivity contribution is -0.141. The molecule has 0 radical (unpaired) electrons. The number of ether oxygens (including phenoxy) is 2. The lowest BCUT2D eigenvalue weighted by Crippen LogP contribution is -2.33. The standard InChI is InChI=1S/C23H26FN5O5S/c1-14(2)12-19(20(30)34-4)26-22-27-21(25-16-7-5-6-15(24)13-16)28-23(29-22)35(31,32)18-10-8-17(33-3)9-11-18/h5-11,13-14,19H,12H2,1-4H3,(H2,25,26,27,28,29)/t19-/m0/s1. The number of anilines is 3. The van der Waals surface area contributed by atoms with Crippen LogP contribution in [0.4, 0.5) is 22.0 Å². The third kappa shape index (κ3) is 6.63. The van der Waals surface area contributed by atoms with Gasteiger partial charge in [-0.2, -0.15) is 15.0 Å². The Labute approximate surface area is 202 Å². The van der Waals surface area contributed by atoms with E-state index >= 15 is 0 Å². The molecule has 0 amide bonds. The van der Waals surface area contributed by atoms with Gasteiger partial charge in [-0.1, -0.05) is 19.9 Å². The van der Waals surface area contributed by atoms with E-state index in [-0.39, 0.29) is 22.7 Å². The van der Waals surface area contributed by atoms with Crippen LogP contribution in [-0.4, -0.2) is 49.6 Å². The van der Waals surface area contributed by atoms with E-state index in [9.17, 15) is 17.6 Å². The van der Waals surface area contributed by atoms with Gasteiger partial charge in [0, 0.05) is 5.69 Å². The predicted molar refractivity (Wildman–Crippen MR) is 127 cm³/mol. The van der Waals surface area contributed by atoms with Gasteiger partial charge in [-0.25, -0.2) is 17.6 Å². The zero-order chi connectivity index (χ0) is 25.6. The summed E-state index contributed by atoms with van der Waals surface area (Å²) in [7, 11) is -1.47. The lowest BCUT2D eigenvalue weighted by Gasteiger charge is -2.19. The summed E-state index contributed by atoms with van der Waals surface area (Å²) in [4.78, 5) is 24.5. The summed E-state index contributed by atoms with van der Waals surface area (Å²) in [6.45, 7) is 3.84. The van der Waals surface area contributed by atoms with Gasteiger partial charge in [-0.05, 0) is 54.8 Å². The molecule has 0 fully saturated rings. The number of rotatable bonds is 10. The number of nitrogens with zero attached hydrogens (tertiary/aromatic N) is 3. The van der Waals surface area contributed by atoms with E-state index in [1.807, 2.05) is 13.8 Å². The van der Waals surface area contributed by atoms with Crippen molar-refractivity contribution in [2.45, 2.75) is 36.4 Å². The molecular weight excluding hydrogens is 477 g/mol. The van der Waals surface area contributed by atoms with E-state index in [1.54, 1.807) is 6.07 Å². The molecule has 0 spiro atoms. The van der Waals surface area contributed by atoms with E-state index in [2.05, 4.69) is 25.6 Å². The first kappa shape index (κ1) is 25.8. The predicted octanol–water partition coefficient (Wildman–Crippen LogP) is 3.60. The Morgan fingerprint density at radius 2 is 1.71 bits per heavy atom. The van der Waals surface area contributed by atoms with Crippen LogP contribution in [0, 0.1) is 11.7 Å². The van der Waals surface area contributed by atoms with Gasteiger partial charge >= 0.3 is 5.97 Å². The average molecular weight is 504 g/mol. The molecule has 0 aliphatic heterocycles. The fourth-order valence-electron chi connectivity index (χ4n) is 3.14. The highest BCUT2D eigenvalue weighted by Crippen LogP contribution is 2.24. The number of esters is 1. The average Bonchev–Trinajstić information content (AvgIpc) is 2.82. The summed E-state index contributed by atoms with van der Waals surface area (Å²) in [5, 5.41) is 5.06. The van der Waals surface area contributed by atoms with Crippen LogP contribution >= 0.6 is 0 Å². The zero-order valence-electron chi connectivity index (χ0n) is 19.6. The monoisotopic (exact) mass is 503 g/mol. The van der Waals surface area contributed by atoms with Gasteiger partial charge < -0.3 is 20.1 Å². The lowest BCUT2D eigenvalue weighted by atomic mass is 10.0. The van der Waals surface area contributed by atoms with Gasteiger partial charge in [0.15, 0.2) is 0 Å². The highest BCUT2D eigenvalue weighted by Gasteiger charge is 2.26. The number of aromatic nitrogens is 3. The molecule has 12 heteroatoms. The smallest absolute Gasteiger partial charge is 0.328 e. The van der Waals surface area contributed by atoms with E-state index in [0.717, 1.165) is 0 Å². The van der Waals surface area contributed by atoms with Crippen LogP contribution in [0.5, 0.6) is 5.75 Å². The van der Waals surface area contributed by atoms with Gasteiger partial charge in [0.05, 0.1) is 19.1 Å². The first-order valence-corrected chi connectivity index (χ1v) is 12.1. The van der Waals surface area contributed by atoms with Gasteiger partial charge in [0.2, 0.25) is 21.7 Å². The van der Waals surface area contributed by atoms with E-state index in [4.69, 9.17) is 9.47 Å². The molecular formula is C23H26FN5O5S. The fourth-order valence-corrected chi connectivity index (χ4v) is 4.25. The Morgan fingerprint density at radius 1 is 1.03 bits per heavy atom. The van der Waals surface area contributed by atoms with E-state index < -0.39 is 32.8 Å². The largest absolute Gasteiger partial charge is 0.497 e. The van der Waals surface area contributed by atoms with Crippen LogP contribution in [-0.2, 0) is 19.4 Å². The maximum absolute atomic E-state index is 13.7. The van der Waals surface area contributed by atoms with Gasteiger partial charge in [-0.3, -0.25) is 0 Å². The summed E-state index contributed by atoms with van der Waals surface area (Å²) in [6, 6.07) is 10.4. The minimum absolute atomic E-state index is 0.0705. The number of halogens is 1. The molecule has 2 aromatic carbocycles. The third-order valence-corrected chi connectivity index (χ3v) is 6.36. The molecule has 186 valence electrons. The second-order valence-electron chi connectivity index (χ2n) is 7.93. The molecule has 0 aliphatic rings. The SMILES string of the molecule is COC(=O)[C@H](CC(C)C)Nc1nc(Nc2cccc(F)c2)nc(S(=O)(=O)c2ccc(OC)cc2)n1. The maximum atomic E-state index is 13.7. The summed E-state index contributed by atoms with van der Waals surface area (Å²) < 4.78 is 50.2. The van der Waals surface area contributed by atoms with Crippen molar-refractivity contribution in [1.29, 1.82) is 0 Å². The quantitative estimate of drug-likeness (QED) is 0.396. The molecule has 1 heterocycles. The Balaban J connectivity index is 2.06. The summed E-state index contributed by atoms with van der Waals surface area (Å²) >= 11 is 0. The van der Waals surface area contributed by atoms with Crippen molar-refractivity contribution >= 4 is 33.4 Å². The van der Waals surface area contributed by atoms with E-state index in [0.29, 0.717) is 17.9 Å². The normalized spacial score (nSPS) is 12.2. The molecule has 2 N–H and O–H groups in total. The molecule has 0 aliphatic carbocycles. The molecule has 3 aromatic rings. The van der Waals surface area contributed by atoms with E-state index in [1.165, 1.54) is 56.7 Å². The number of carbonyl (C=O) groups excluding carboxylic acids is 1. The molecule has 1 aromatic heterocycles. The molecule has 10 nitrogen and oxygen atoms in total. The van der Waals surface area contributed by atoms with Crippen LogP contribution in [0.25, 0.3) is 0 Å². The van der Waals surface area contributed by atoms with Crippen molar-refractivity contribution in [2.75, 3.05) is 24.9 Å². The Bertz CT molecular complexity index is 1290. The molecule has 0 saturated heterocycles. The maximum Gasteiger partial charge on any atom is 0.328 e. The highest BCUT2D eigenvalue weighted by molar-refractivity contribution is 7.91. The number of carbonyl (C=O) groups is 1. The third-order valence-electron chi connectivity index (χ3n) is 4.80. The zero-order valence-corrected chi connectivity index (χ0v) is 20.5. The second kappa shape index (κ2) is 11.1. The second-order valence-corrected chi connectivity index (χ2v) is 9.77. The number of hydrogen-bond donors (Lipinski definition) is 2. The number of nitrogens with one attached hydrogen (secondary N) is 2. The first-order valence-electron chi connectivity index (χ1n) is 10.6. The number of sulfone groups is 1. The van der Waals surface area contributed by atoms with Gasteiger partial charge in [-0.15, -0.1) is 0 Å². The first-order chi connectivity index (χ1) is 16.6. The van der Waals surface area contributed by atoms with Crippen LogP contribution in [0.1, 0.15) is 20.3 Å². The van der Waals surface area contributed by atoms with Crippen molar-refractivity contribution < 1.29 is 27.1 Å². The molecule has 3 rings (SSSR count). The molecule has 0 bridgehead atoms. The summed E-state index contributed by atoms with van der Waals surface area (Å²) in [5.74, 6) is -0.796. The Hall–Kier alpha value is -3.80. The topological polar surface area (TPSA) is 132 Å². The Morgan fingerprint density at radius 3 is 2.31 bits per heavy atom. The number of benzene rings is 2. The molecule has 0 unspecified atom stereocenters. The minimum Gasteiger partial charge on any atom is -0.497 e. The highest BCUT2D eigenvalue weighted by atomic mass is 32.2. The summed E-state index contributed by atoms with van der Waals surface area (Å²) in [6.07, 6.45) is 0.381. The summed E-state index contributed by atoms with van der Waals surface area (Å²) in [5.41, 5.74) is 0.293. The Kier molecular flexibility index (Phi) is 8.18. The minimum atomic E-state index is -4.18. The van der Waals surface area contributed by atoms with Crippen LogP contribution < -0.4 is 15.4 Å². The van der Waals surface area contributed by atoms with Crippen LogP contribution in [0.15, 0.2) is 58.6 Å². The van der Waals surface area contributed by atoms with Crippen molar-refractivity contribution in [3.05, 3.63) is 54.3 Å². The number of hydrogen-bond acceptors (Lipinski definition) is 10. The van der Waals surface area contributed by atoms with Crippen molar-refractivity contribution in [2.24, 2.45) is 5.92 Å². The van der Waals surface area contributed by atoms with Crippen LogP contribution in [0.2, 0.25) is 0 Å². The molecule has 0 saturated carbocycles. The van der Waals surface area contributed by atoms with Gasteiger partial charge in [0.25, 0.3) is 5.16 Å².